The Hall–Kier alpha value is -2.36. The number of nitrogen functional groups attached to an aromatic ring is 2. The zero-order valence-electron chi connectivity index (χ0n) is 10.3. The number of aromatic hydroxyl groups is 1. The summed E-state index contributed by atoms with van der Waals surface area (Å²) in [5, 5.41) is 13.0. The van der Waals surface area contributed by atoms with Crippen LogP contribution in [0.4, 0.5) is 17.1 Å². The second-order valence-electron chi connectivity index (χ2n) is 4.32. The number of phenolic OH excluding ortho intramolecular Hbond substituents is 1. The lowest BCUT2D eigenvalue weighted by Gasteiger charge is -2.11. The molecule has 0 bridgehead atoms. The van der Waals surface area contributed by atoms with Gasteiger partial charge in [0, 0.05) is 29.2 Å². The van der Waals surface area contributed by atoms with Crippen LogP contribution in [0.15, 0.2) is 36.4 Å². The van der Waals surface area contributed by atoms with Gasteiger partial charge < -0.3 is 21.9 Å². The van der Waals surface area contributed by atoms with Crippen LogP contribution >= 0.6 is 0 Å². The topological polar surface area (TPSA) is 84.3 Å². The van der Waals surface area contributed by atoms with E-state index in [0.29, 0.717) is 12.2 Å². The molecule has 0 heterocycles. The van der Waals surface area contributed by atoms with Crippen LogP contribution in [0, 0.1) is 6.92 Å². The molecule has 0 amide bonds. The quantitative estimate of drug-likeness (QED) is 0.493. The number of hydrogen-bond acceptors (Lipinski definition) is 4. The highest BCUT2D eigenvalue weighted by Crippen LogP contribution is 2.23. The third-order valence-corrected chi connectivity index (χ3v) is 2.82. The largest absolute Gasteiger partial charge is 0.508 e. The van der Waals surface area contributed by atoms with E-state index in [4.69, 9.17) is 11.5 Å². The third-order valence-electron chi connectivity index (χ3n) is 2.82. The van der Waals surface area contributed by atoms with Gasteiger partial charge >= 0.3 is 0 Å². The zero-order chi connectivity index (χ0) is 13.1. The van der Waals surface area contributed by atoms with Crippen molar-refractivity contribution in [1.29, 1.82) is 0 Å². The van der Waals surface area contributed by atoms with E-state index in [9.17, 15) is 5.11 Å². The molecule has 0 atom stereocenters. The number of aryl methyl sites for hydroxylation is 1. The highest BCUT2D eigenvalue weighted by Gasteiger charge is 2.03. The molecule has 0 aromatic heterocycles. The molecule has 2 aromatic carbocycles. The number of anilines is 3. The van der Waals surface area contributed by atoms with Crippen molar-refractivity contribution >= 4 is 17.1 Å². The van der Waals surface area contributed by atoms with E-state index in [1.54, 1.807) is 18.2 Å². The molecule has 0 fully saturated rings. The summed E-state index contributed by atoms with van der Waals surface area (Å²) in [4.78, 5) is 0. The van der Waals surface area contributed by atoms with Gasteiger partial charge in [-0.15, -0.1) is 0 Å². The molecule has 0 aliphatic carbocycles. The molecular weight excluding hydrogens is 226 g/mol. The van der Waals surface area contributed by atoms with Gasteiger partial charge in [0.2, 0.25) is 0 Å². The SMILES string of the molecule is Cc1cc(N)ccc1NCc1cc(N)ccc1O. The minimum absolute atomic E-state index is 0.241. The van der Waals surface area contributed by atoms with Gasteiger partial charge in [0.15, 0.2) is 0 Å². The number of nitrogens with one attached hydrogen (secondary N) is 1. The van der Waals surface area contributed by atoms with E-state index in [-0.39, 0.29) is 5.75 Å². The first-order valence-electron chi connectivity index (χ1n) is 5.73. The van der Waals surface area contributed by atoms with Gasteiger partial charge in [-0.1, -0.05) is 0 Å². The van der Waals surface area contributed by atoms with E-state index >= 15 is 0 Å². The van der Waals surface area contributed by atoms with Crippen LogP contribution in [-0.4, -0.2) is 5.11 Å². The van der Waals surface area contributed by atoms with E-state index < -0.39 is 0 Å². The second kappa shape index (κ2) is 4.87. The van der Waals surface area contributed by atoms with Gasteiger partial charge in [-0.3, -0.25) is 0 Å². The van der Waals surface area contributed by atoms with Gasteiger partial charge in [0.05, 0.1) is 0 Å². The Bertz CT molecular complexity index is 567. The third kappa shape index (κ3) is 2.66. The Labute approximate surface area is 106 Å². The van der Waals surface area contributed by atoms with Crippen molar-refractivity contribution in [2.75, 3.05) is 16.8 Å². The van der Waals surface area contributed by atoms with Gasteiger partial charge in [-0.05, 0) is 48.9 Å². The van der Waals surface area contributed by atoms with Crippen LogP contribution in [0.3, 0.4) is 0 Å². The maximum atomic E-state index is 9.71. The summed E-state index contributed by atoms with van der Waals surface area (Å²) in [6, 6.07) is 10.7. The van der Waals surface area contributed by atoms with Crippen molar-refractivity contribution in [2.24, 2.45) is 0 Å². The molecule has 2 rings (SSSR count). The van der Waals surface area contributed by atoms with E-state index in [1.165, 1.54) is 0 Å². The zero-order valence-corrected chi connectivity index (χ0v) is 10.3. The van der Waals surface area contributed by atoms with Crippen LogP contribution in [0.25, 0.3) is 0 Å². The van der Waals surface area contributed by atoms with Gasteiger partial charge in [-0.2, -0.15) is 0 Å². The summed E-state index contributed by atoms with van der Waals surface area (Å²) in [5.41, 5.74) is 15.6. The van der Waals surface area contributed by atoms with Crippen LogP contribution in [-0.2, 0) is 6.54 Å². The minimum Gasteiger partial charge on any atom is -0.508 e. The molecule has 0 unspecified atom stereocenters. The van der Waals surface area contributed by atoms with Crippen molar-refractivity contribution in [3.63, 3.8) is 0 Å². The number of benzene rings is 2. The molecule has 0 aliphatic heterocycles. The highest BCUT2D eigenvalue weighted by molar-refractivity contribution is 5.58. The normalized spacial score (nSPS) is 10.3. The molecule has 2 aromatic rings. The average Bonchev–Trinajstić information content (AvgIpc) is 2.32. The molecule has 18 heavy (non-hydrogen) atoms. The Morgan fingerprint density at radius 2 is 1.72 bits per heavy atom. The van der Waals surface area contributed by atoms with Crippen LogP contribution in [0.5, 0.6) is 5.75 Å². The fourth-order valence-corrected chi connectivity index (χ4v) is 1.82. The molecule has 94 valence electrons. The maximum Gasteiger partial charge on any atom is 0.120 e. The van der Waals surface area contributed by atoms with E-state index in [2.05, 4.69) is 5.32 Å². The molecule has 4 heteroatoms. The van der Waals surface area contributed by atoms with Crippen molar-refractivity contribution in [3.8, 4) is 5.75 Å². The monoisotopic (exact) mass is 243 g/mol. The molecule has 0 saturated carbocycles. The fraction of sp³-hybridized carbons (Fsp3) is 0.143. The molecular formula is C14H17N3O. The first-order chi connectivity index (χ1) is 8.56. The Morgan fingerprint density at radius 1 is 1.06 bits per heavy atom. The fourth-order valence-electron chi connectivity index (χ4n) is 1.82. The molecule has 0 saturated heterocycles. The predicted molar refractivity (Wildman–Crippen MR) is 75.4 cm³/mol. The van der Waals surface area contributed by atoms with Crippen molar-refractivity contribution in [3.05, 3.63) is 47.5 Å². The second-order valence-corrected chi connectivity index (χ2v) is 4.32. The average molecular weight is 243 g/mol. The predicted octanol–water partition coefficient (Wildman–Crippen LogP) is 2.48. The number of rotatable bonds is 3. The Morgan fingerprint density at radius 3 is 2.44 bits per heavy atom. The highest BCUT2D eigenvalue weighted by atomic mass is 16.3. The van der Waals surface area contributed by atoms with Crippen molar-refractivity contribution in [1.82, 2.24) is 0 Å². The maximum absolute atomic E-state index is 9.71. The summed E-state index contributed by atoms with van der Waals surface area (Å²) in [7, 11) is 0. The molecule has 6 N–H and O–H groups in total. The summed E-state index contributed by atoms with van der Waals surface area (Å²) in [6.45, 7) is 2.50. The van der Waals surface area contributed by atoms with Gasteiger partial charge in [-0.25, -0.2) is 0 Å². The molecule has 0 aliphatic rings. The minimum atomic E-state index is 0.241. The van der Waals surface area contributed by atoms with Crippen LogP contribution in [0.2, 0.25) is 0 Å². The summed E-state index contributed by atoms with van der Waals surface area (Å²) in [6.07, 6.45) is 0. The first-order valence-corrected chi connectivity index (χ1v) is 5.73. The summed E-state index contributed by atoms with van der Waals surface area (Å²) < 4.78 is 0. The Kier molecular flexibility index (Phi) is 3.28. The molecule has 0 spiro atoms. The number of hydrogen-bond donors (Lipinski definition) is 4. The van der Waals surface area contributed by atoms with E-state index in [1.807, 2.05) is 25.1 Å². The lowest BCUT2D eigenvalue weighted by Crippen LogP contribution is -2.02. The number of phenols is 1. The van der Waals surface area contributed by atoms with Crippen molar-refractivity contribution < 1.29 is 5.11 Å². The Balaban J connectivity index is 2.13. The standard InChI is InChI=1S/C14H17N3O/c1-9-6-11(15)2-4-13(9)17-8-10-7-12(16)3-5-14(10)18/h2-7,17-18H,8,15-16H2,1H3. The lowest BCUT2D eigenvalue weighted by molar-refractivity contribution is 0.469. The lowest BCUT2D eigenvalue weighted by atomic mass is 10.1. The van der Waals surface area contributed by atoms with Gasteiger partial charge in [0.25, 0.3) is 0 Å². The number of nitrogens with two attached hydrogens (primary N) is 2. The summed E-state index contributed by atoms with van der Waals surface area (Å²) >= 11 is 0. The first kappa shape index (κ1) is 12.1. The van der Waals surface area contributed by atoms with E-state index in [0.717, 1.165) is 22.5 Å². The van der Waals surface area contributed by atoms with Crippen LogP contribution < -0.4 is 16.8 Å². The molecule has 0 radical (unpaired) electrons. The summed E-state index contributed by atoms with van der Waals surface area (Å²) in [5.74, 6) is 0.241. The van der Waals surface area contributed by atoms with Crippen LogP contribution in [0.1, 0.15) is 11.1 Å². The van der Waals surface area contributed by atoms with Gasteiger partial charge in [0.1, 0.15) is 5.75 Å². The van der Waals surface area contributed by atoms with Crippen molar-refractivity contribution in [2.45, 2.75) is 13.5 Å². The smallest absolute Gasteiger partial charge is 0.120 e. The molecule has 4 nitrogen and oxygen atoms in total.